The molecule has 1 spiro atoms. The molecule has 2 unspecified atom stereocenters. The number of benzene rings is 1. The van der Waals surface area contributed by atoms with Crippen molar-refractivity contribution in [3.8, 4) is 0 Å². The minimum Gasteiger partial charge on any atom is -0.396 e. The van der Waals surface area contributed by atoms with Crippen molar-refractivity contribution < 1.29 is 24.2 Å². The Morgan fingerprint density at radius 3 is 2.47 bits per heavy atom. The van der Waals surface area contributed by atoms with Crippen LogP contribution < -0.4 is 0 Å². The van der Waals surface area contributed by atoms with Crippen molar-refractivity contribution in [1.82, 2.24) is 19.6 Å². The number of thioether (sulfide) groups is 1. The highest BCUT2D eigenvalue weighted by atomic mass is 32.2. The topological polar surface area (TPSA) is 93.6 Å². The van der Waals surface area contributed by atoms with Gasteiger partial charge in [0.05, 0.1) is 29.8 Å². The third-order valence-electron chi connectivity index (χ3n) is 9.45. The van der Waals surface area contributed by atoms with Crippen molar-refractivity contribution in [3.63, 3.8) is 0 Å². The van der Waals surface area contributed by atoms with Crippen LogP contribution in [-0.2, 0) is 25.7 Å². The van der Waals surface area contributed by atoms with Crippen LogP contribution >= 0.6 is 11.8 Å². The molecule has 2 bridgehead atoms. The first kappa shape index (κ1) is 31.8. The first-order valence-corrected chi connectivity index (χ1v) is 16.6. The van der Waals surface area contributed by atoms with E-state index in [1.54, 1.807) is 28.8 Å². The van der Waals surface area contributed by atoms with E-state index in [9.17, 15) is 19.5 Å². The molecular weight excluding hydrogens is 564 g/mol. The van der Waals surface area contributed by atoms with Gasteiger partial charge >= 0.3 is 0 Å². The van der Waals surface area contributed by atoms with Crippen molar-refractivity contribution in [1.29, 1.82) is 0 Å². The van der Waals surface area contributed by atoms with E-state index in [0.717, 1.165) is 38.0 Å². The van der Waals surface area contributed by atoms with Crippen LogP contribution in [0.3, 0.4) is 0 Å². The Kier molecular flexibility index (Phi) is 10.6. The van der Waals surface area contributed by atoms with Gasteiger partial charge in [0.25, 0.3) is 0 Å². The Balaban J connectivity index is 1.42. The van der Waals surface area contributed by atoms with E-state index in [1.165, 1.54) is 0 Å². The second kappa shape index (κ2) is 14.4. The molecule has 5 rings (SSSR count). The highest BCUT2D eigenvalue weighted by molar-refractivity contribution is 8.02. The van der Waals surface area contributed by atoms with Gasteiger partial charge < -0.3 is 24.5 Å². The van der Waals surface area contributed by atoms with Gasteiger partial charge in [0, 0.05) is 64.2 Å². The van der Waals surface area contributed by atoms with Crippen molar-refractivity contribution in [2.45, 2.75) is 48.3 Å². The lowest BCUT2D eigenvalue weighted by Gasteiger charge is -2.38. The standard InChI is InChI=1S/C33H46N4O5S/c1-3-14-35(18-17-34-19-22-42-23-20-34)32(41)29-33-13-12-26(43-33)27(28(33)31(40)37(29)16-8-9-21-38)30(39)36(15-4-2)24-25-10-6-5-7-11-25/h3-7,10-11,26-29,38H,1-2,8-9,12-24H2/t26-,27+,28+,29?,33?/m1/s1. The number of morpholine rings is 1. The van der Waals surface area contributed by atoms with Crippen LogP contribution in [-0.4, -0.2) is 124 Å². The molecule has 9 nitrogen and oxygen atoms in total. The molecule has 10 heteroatoms. The Labute approximate surface area is 259 Å². The largest absolute Gasteiger partial charge is 0.396 e. The summed E-state index contributed by atoms with van der Waals surface area (Å²) >= 11 is 1.71. The SMILES string of the molecule is C=CCN(CCN1CCOCC1)C(=O)C1N(CCCCO)C(=O)[C@@H]2[C@@H](C(=O)N(CC=C)Cc3ccccc3)[C@H]3CCC12S3. The zero-order chi connectivity index (χ0) is 30.4. The van der Waals surface area contributed by atoms with E-state index in [0.29, 0.717) is 58.8 Å². The van der Waals surface area contributed by atoms with Crippen LogP contribution in [0.25, 0.3) is 0 Å². The van der Waals surface area contributed by atoms with Crippen LogP contribution in [0.2, 0.25) is 0 Å². The van der Waals surface area contributed by atoms with Gasteiger partial charge in [-0.1, -0.05) is 42.5 Å². The monoisotopic (exact) mass is 610 g/mol. The van der Waals surface area contributed by atoms with Gasteiger partial charge in [-0.05, 0) is 31.2 Å². The molecule has 4 aliphatic heterocycles. The maximum atomic E-state index is 14.5. The average Bonchev–Trinajstić information content (AvgIpc) is 3.67. The van der Waals surface area contributed by atoms with Crippen molar-refractivity contribution in [2.75, 3.05) is 65.6 Å². The Bertz CT molecular complexity index is 1160. The summed E-state index contributed by atoms with van der Waals surface area (Å²) in [6, 6.07) is 9.25. The van der Waals surface area contributed by atoms with Gasteiger partial charge in [0.15, 0.2) is 0 Å². The Morgan fingerprint density at radius 2 is 1.77 bits per heavy atom. The summed E-state index contributed by atoms with van der Waals surface area (Å²) in [5.41, 5.74) is 1.03. The summed E-state index contributed by atoms with van der Waals surface area (Å²) in [4.78, 5) is 50.9. The lowest BCUT2D eigenvalue weighted by Crippen LogP contribution is -2.56. The molecule has 0 saturated carbocycles. The lowest BCUT2D eigenvalue weighted by atomic mass is 9.70. The lowest BCUT2D eigenvalue weighted by molar-refractivity contribution is -0.145. The molecule has 234 valence electrons. The Hall–Kier alpha value is -2.66. The maximum Gasteiger partial charge on any atom is 0.247 e. The van der Waals surface area contributed by atoms with Crippen molar-refractivity contribution in [3.05, 3.63) is 61.2 Å². The van der Waals surface area contributed by atoms with Gasteiger partial charge in [-0.2, -0.15) is 0 Å². The molecule has 5 atom stereocenters. The number of aliphatic hydroxyl groups is 1. The van der Waals surface area contributed by atoms with E-state index in [-0.39, 0.29) is 29.6 Å². The Morgan fingerprint density at radius 1 is 1.05 bits per heavy atom. The number of carbonyl (C=O) groups excluding carboxylic acids is 3. The molecule has 0 aliphatic carbocycles. The predicted molar refractivity (Wildman–Crippen MR) is 168 cm³/mol. The fourth-order valence-corrected chi connectivity index (χ4v) is 9.66. The summed E-state index contributed by atoms with van der Waals surface area (Å²) < 4.78 is 4.85. The molecule has 4 heterocycles. The van der Waals surface area contributed by atoms with Gasteiger partial charge in [-0.15, -0.1) is 24.9 Å². The van der Waals surface area contributed by atoms with Crippen molar-refractivity contribution in [2.24, 2.45) is 11.8 Å². The highest BCUT2D eigenvalue weighted by Crippen LogP contribution is 2.66. The first-order valence-electron chi connectivity index (χ1n) is 15.7. The zero-order valence-electron chi connectivity index (χ0n) is 25.1. The quantitative estimate of drug-likeness (QED) is 0.241. The summed E-state index contributed by atoms with van der Waals surface area (Å²) in [5.74, 6) is -1.19. The van der Waals surface area contributed by atoms with Gasteiger partial charge in [0.2, 0.25) is 17.7 Å². The molecule has 3 amide bonds. The molecule has 0 aromatic heterocycles. The molecule has 1 N–H and O–H groups in total. The van der Waals surface area contributed by atoms with E-state index in [2.05, 4.69) is 18.1 Å². The summed E-state index contributed by atoms with van der Waals surface area (Å²) in [6.07, 6.45) is 6.19. The van der Waals surface area contributed by atoms with Crippen LogP contribution in [0.5, 0.6) is 0 Å². The highest BCUT2D eigenvalue weighted by Gasteiger charge is 2.74. The summed E-state index contributed by atoms with van der Waals surface area (Å²) in [7, 11) is 0. The van der Waals surface area contributed by atoms with E-state index < -0.39 is 22.6 Å². The fourth-order valence-electron chi connectivity index (χ4n) is 7.46. The second-order valence-electron chi connectivity index (χ2n) is 12.0. The third kappa shape index (κ3) is 6.43. The molecule has 0 radical (unpaired) electrons. The minimum atomic E-state index is -0.636. The number of fused-ring (bicyclic) bond motifs is 1. The number of hydrogen-bond donors (Lipinski definition) is 1. The molecule has 1 aromatic carbocycles. The van der Waals surface area contributed by atoms with Crippen molar-refractivity contribution >= 4 is 29.5 Å². The normalized spacial score (nSPS) is 28.1. The van der Waals surface area contributed by atoms with Crippen LogP contribution in [0.15, 0.2) is 55.6 Å². The van der Waals surface area contributed by atoms with Gasteiger partial charge in [-0.3, -0.25) is 19.3 Å². The van der Waals surface area contributed by atoms with E-state index in [1.807, 2.05) is 40.1 Å². The van der Waals surface area contributed by atoms with Crippen LogP contribution in [0, 0.1) is 11.8 Å². The molecular formula is C33H46N4O5S. The summed E-state index contributed by atoms with van der Waals surface area (Å²) in [5, 5.41) is 9.48. The molecule has 43 heavy (non-hydrogen) atoms. The van der Waals surface area contributed by atoms with Crippen LogP contribution in [0.4, 0.5) is 0 Å². The number of carbonyl (C=O) groups is 3. The number of likely N-dealkylation sites (tertiary alicyclic amines) is 1. The molecule has 1 aromatic rings. The number of aliphatic hydroxyl groups excluding tert-OH is 1. The van der Waals surface area contributed by atoms with E-state index >= 15 is 0 Å². The smallest absolute Gasteiger partial charge is 0.247 e. The second-order valence-corrected chi connectivity index (χ2v) is 13.6. The number of amides is 3. The first-order chi connectivity index (χ1) is 20.9. The van der Waals surface area contributed by atoms with Crippen LogP contribution in [0.1, 0.15) is 31.2 Å². The number of nitrogens with zero attached hydrogens (tertiary/aromatic N) is 4. The van der Waals surface area contributed by atoms with E-state index in [4.69, 9.17) is 4.74 Å². The minimum absolute atomic E-state index is 0.000588. The fraction of sp³-hybridized carbons (Fsp3) is 0.606. The number of rotatable bonds is 15. The maximum absolute atomic E-state index is 14.5. The number of hydrogen-bond acceptors (Lipinski definition) is 7. The summed E-state index contributed by atoms with van der Waals surface area (Å²) in [6.45, 7) is 13.8. The molecule has 4 fully saturated rings. The number of unbranched alkanes of at least 4 members (excludes halogenated alkanes) is 1. The molecule has 4 aliphatic rings. The number of ether oxygens (including phenoxy) is 1. The zero-order valence-corrected chi connectivity index (χ0v) is 26.0. The average molecular weight is 611 g/mol. The predicted octanol–water partition coefficient (Wildman–Crippen LogP) is 2.41. The molecule has 4 saturated heterocycles. The van der Waals surface area contributed by atoms with Gasteiger partial charge in [0.1, 0.15) is 6.04 Å². The third-order valence-corrected chi connectivity index (χ3v) is 11.4. The van der Waals surface area contributed by atoms with Gasteiger partial charge in [-0.25, -0.2) is 0 Å².